The van der Waals surface area contributed by atoms with Crippen LogP contribution >= 0.6 is 15.9 Å². The van der Waals surface area contributed by atoms with E-state index in [0.717, 1.165) is 12.8 Å². The first-order chi connectivity index (χ1) is 7.51. The van der Waals surface area contributed by atoms with Crippen LogP contribution in [0.4, 0.5) is 0 Å². The fourth-order valence-corrected chi connectivity index (χ4v) is 4.22. The van der Waals surface area contributed by atoms with Gasteiger partial charge in [-0.15, -0.1) is 0 Å². The maximum absolute atomic E-state index is 11.8. The summed E-state index contributed by atoms with van der Waals surface area (Å²) in [5.41, 5.74) is 0. The Labute approximate surface area is 105 Å². The van der Waals surface area contributed by atoms with Crippen LogP contribution in [0, 0.1) is 0 Å². The molecule has 1 aliphatic rings. The highest BCUT2D eigenvalue weighted by Crippen LogP contribution is 2.19. The van der Waals surface area contributed by atoms with Crippen molar-refractivity contribution in [1.29, 1.82) is 0 Å². The maximum atomic E-state index is 11.8. The third-order valence-electron chi connectivity index (χ3n) is 2.90. The normalized spacial score (nSPS) is 26.0. The van der Waals surface area contributed by atoms with Crippen molar-refractivity contribution in [3.05, 3.63) is 0 Å². The summed E-state index contributed by atoms with van der Waals surface area (Å²) in [6.07, 6.45) is 2.76. The van der Waals surface area contributed by atoms with Crippen LogP contribution in [0.15, 0.2) is 0 Å². The number of nitrogens with one attached hydrogen (secondary N) is 1. The van der Waals surface area contributed by atoms with Crippen LogP contribution < -0.4 is 5.32 Å². The highest BCUT2D eigenvalue weighted by atomic mass is 79.9. The molecule has 0 aromatic heterocycles. The molecule has 0 spiro atoms. The van der Waals surface area contributed by atoms with Gasteiger partial charge in [-0.05, 0) is 19.3 Å². The summed E-state index contributed by atoms with van der Waals surface area (Å²) < 4.78 is 23.4. The Kier molecular flexibility index (Phi) is 5.24. The molecule has 6 heteroatoms. The van der Waals surface area contributed by atoms with E-state index in [4.69, 9.17) is 0 Å². The van der Waals surface area contributed by atoms with Crippen LogP contribution in [0.25, 0.3) is 0 Å². The summed E-state index contributed by atoms with van der Waals surface area (Å²) in [4.78, 5) is 11.8. The summed E-state index contributed by atoms with van der Waals surface area (Å²) in [5, 5.41) is 2.61. The topological polar surface area (TPSA) is 63.2 Å². The van der Waals surface area contributed by atoms with E-state index in [0.29, 0.717) is 18.2 Å². The molecule has 0 aromatic rings. The first-order valence-corrected chi connectivity index (χ1v) is 8.43. The predicted molar refractivity (Wildman–Crippen MR) is 67.4 cm³/mol. The van der Waals surface area contributed by atoms with E-state index in [-0.39, 0.29) is 17.7 Å². The standard InChI is InChI=1S/C10H18BrNO3S/c1-2-8(7-11)12-10(13)9-5-3-4-6-16(9,14)15/h8-9H,2-7H2,1H3,(H,12,13). The number of halogens is 1. The molecule has 1 fully saturated rings. The summed E-state index contributed by atoms with van der Waals surface area (Å²) >= 11 is 3.29. The number of carbonyl (C=O) groups excluding carboxylic acids is 1. The van der Waals surface area contributed by atoms with Gasteiger partial charge in [0.15, 0.2) is 9.84 Å². The van der Waals surface area contributed by atoms with Crippen molar-refractivity contribution in [3.63, 3.8) is 0 Å². The Morgan fingerprint density at radius 1 is 1.50 bits per heavy atom. The van der Waals surface area contributed by atoms with E-state index >= 15 is 0 Å². The Hall–Kier alpha value is -0.100. The van der Waals surface area contributed by atoms with Crippen molar-refractivity contribution < 1.29 is 13.2 Å². The number of rotatable bonds is 4. The maximum Gasteiger partial charge on any atom is 0.238 e. The molecule has 0 bridgehead atoms. The molecular weight excluding hydrogens is 294 g/mol. The molecule has 94 valence electrons. The number of sulfone groups is 1. The van der Waals surface area contributed by atoms with Gasteiger partial charge in [0.05, 0.1) is 5.75 Å². The van der Waals surface area contributed by atoms with E-state index in [1.165, 1.54) is 0 Å². The highest BCUT2D eigenvalue weighted by molar-refractivity contribution is 9.09. The molecule has 2 atom stereocenters. The van der Waals surface area contributed by atoms with Crippen molar-refractivity contribution in [2.75, 3.05) is 11.1 Å². The molecule has 1 aliphatic heterocycles. The van der Waals surface area contributed by atoms with Crippen LogP contribution in [0.5, 0.6) is 0 Å². The van der Waals surface area contributed by atoms with Gasteiger partial charge in [0.1, 0.15) is 5.25 Å². The molecule has 1 N–H and O–H groups in total. The Balaban J connectivity index is 2.65. The van der Waals surface area contributed by atoms with Crippen LogP contribution in [-0.2, 0) is 14.6 Å². The smallest absolute Gasteiger partial charge is 0.238 e. The van der Waals surface area contributed by atoms with Crippen molar-refractivity contribution in [3.8, 4) is 0 Å². The lowest BCUT2D eigenvalue weighted by molar-refractivity contribution is -0.121. The van der Waals surface area contributed by atoms with Gasteiger partial charge in [-0.3, -0.25) is 4.79 Å². The first kappa shape index (κ1) is 14.0. The fourth-order valence-electron chi connectivity index (χ4n) is 1.79. The van der Waals surface area contributed by atoms with Crippen molar-refractivity contribution in [1.82, 2.24) is 5.32 Å². The van der Waals surface area contributed by atoms with Gasteiger partial charge in [0.2, 0.25) is 5.91 Å². The number of hydrogen-bond donors (Lipinski definition) is 1. The summed E-state index contributed by atoms with van der Waals surface area (Å²) in [6, 6.07) is 0.0182. The van der Waals surface area contributed by atoms with Gasteiger partial charge < -0.3 is 5.32 Å². The Morgan fingerprint density at radius 3 is 2.69 bits per heavy atom. The summed E-state index contributed by atoms with van der Waals surface area (Å²) in [6.45, 7) is 1.96. The monoisotopic (exact) mass is 311 g/mol. The zero-order valence-corrected chi connectivity index (χ0v) is 11.8. The van der Waals surface area contributed by atoms with E-state index < -0.39 is 15.1 Å². The third kappa shape index (κ3) is 3.45. The molecular formula is C10H18BrNO3S. The lowest BCUT2D eigenvalue weighted by atomic mass is 10.1. The lowest BCUT2D eigenvalue weighted by Crippen LogP contribution is -2.47. The minimum absolute atomic E-state index is 0.0182. The Morgan fingerprint density at radius 2 is 2.19 bits per heavy atom. The molecule has 4 nitrogen and oxygen atoms in total. The second kappa shape index (κ2) is 6.00. The van der Waals surface area contributed by atoms with Gasteiger partial charge in [0, 0.05) is 11.4 Å². The second-order valence-corrected chi connectivity index (χ2v) is 7.07. The average Bonchev–Trinajstić information content (AvgIpc) is 2.24. The predicted octanol–water partition coefficient (Wildman–Crippen LogP) is 1.24. The van der Waals surface area contributed by atoms with Crippen LogP contribution in [0.2, 0.25) is 0 Å². The van der Waals surface area contributed by atoms with Crippen LogP contribution in [-0.4, -0.2) is 36.7 Å². The summed E-state index contributed by atoms with van der Waals surface area (Å²) in [7, 11) is -3.21. The van der Waals surface area contributed by atoms with Crippen molar-refractivity contribution in [2.45, 2.75) is 43.9 Å². The SMILES string of the molecule is CCC(CBr)NC(=O)C1CCCCS1(=O)=O. The number of carbonyl (C=O) groups is 1. The second-order valence-electron chi connectivity index (χ2n) is 4.12. The van der Waals surface area contributed by atoms with E-state index in [1.54, 1.807) is 0 Å². The van der Waals surface area contributed by atoms with Gasteiger partial charge in [0.25, 0.3) is 0 Å². The largest absolute Gasteiger partial charge is 0.351 e. The molecule has 2 unspecified atom stereocenters. The molecule has 1 rings (SSSR count). The highest BCUT2D eigenvalue weighted by Gasteiger charge is 2.35. The van der Waals surface area contributed by atoms with E-state index in [1.807, 2.05) is 6.92 Å². The van der Waals surface area contributed by atoms with Gasteiger partial charge in [-0.25, -0.2) is 8.42 Å². The molecule has 0 saturated carbocycles. The Bertz CT molecular complexity index is 338. The number of alkyl halides is 1. The summed E-state index contributed by atoms with van der Waals surface area (Å²) in [5.74, 6) is -0.179. The molecule has 16 heavy (non-hydrogen) atoms. The molecule has 0 aliphatic carbocycles. The third-order valence-corrected chi connectivity index (χ3v) is 5.85. The van der Waals surface area contributed by atoms with Gasteiger partial charge in [-0.1, -0.05) is 29.3 Å². The molecule has 0 radical (unpaired) electrons. The van der Waals surface area contributed by atoms with Gasteiger partial charge >= 0.3 is 0 Å². The molecule has 0 aromatic carbocycles. The minimum atomic E-state index is -3.21. The molecule has 1 amide bonds. The van der Waals surface area contributed by atoms with Crippen LogP contribution in [0.3, 0.4) is 0 Å². The van der Waals surface area contributed by atoms with Gasteiger partial charge in [-0.2, -0.15) is 0 Å². The van der Waals surface area contributed by atoms with Crippen molar-refractivity contribution in [2.24, 2.45) is 0 Å². The first-order valence-electron chi connectivity index (χ1n) is 5.59. The van der Waals surface area contributed by atoms with Crippen molar-refractivity contribution >= 4 is 31.7 Å². The lowest BCUT2D eigenvalue weighted by Gasteiger charge is -2.23. The molecule has 1 heterocycles. The number of hydrogen-bond acceptors (Lipinski definition) is 3. The fraction of sp³-hybridized carbons (Fsp3) is 0.900. The zero-order chi connectivity index (χ0) is 12.2. The average molecular weight is 312 g/mol. The van der Waals surface area contributed by atoms with E-state index in [9.17, 15) is 13.2 Å². The van der Waals surface area contributed by atoms with E-state index in [2.05, 4.69) is 21.2 Å². The quantitative estimate of drug-likeness (QED) is 0.795. The number of amides is 1. The minimum Gasteiger partial charge on any atom is -0.351 e. The van der Waals surface area contributed by atoms with Crippen LogP contribution in [0.1, 0.15) is 32.6 Å². The molecule has 1 saturated heterocycles. The zero-order valence-electron chi connectivity index (χ0n) is 9.41.